The molecular formula is C18H13Cl2F3N4O2. The molecule has 0 radical (unpaired) electrons. The van der Waals surface area contributed by atoms with Crippen LogP contribution in [0.2, 0.25) is 10.0 Å². The van der Waals surface area contributed by atoms with Crippen molar-refractivity contribution in [3.63, 3.8) is 0 Å². The van der Waals surface area contributed by atoms with Crippen LogP contribution in [-0.2, 0) is 12.7 Å². The highest BCUT2D eigenvalue weighted by atomic mass is 35.5. The Bertz CT molecular complexity index is 1030. The number of alkyl halides is 3. The first-order valence-electron chi connectivity index (χ1n) is 8.09. The van der Waals surface area contributed by atoms with Crippen LogP contribution in [0.1, 0.15) is 21.5 Å². The Morgan fingerprint density at radius 2 is 1.83 bits per heavy atom. The zero-order valence-electron chi connectivity index (χ0n) is 14.4. The van der Waals surface area contributed by atoms with E-state index in [4.69, 9.17) is 23.2 Å². The Morgan fingerprint density at radius 1 is 1.17 bits per heavy atom. The summed E-state index contributed by atoms with van der Waals surface area (Å²) in [6.07, 6.45) is -3.24. The van der Waals surface area contributed by atoms with Crippen molar-refractivity contribution in [2.45, 2.75) is 12.7 Å². The summed E-state index contributed by atoms with van der Waals surface area (Å²) in [6.45, 7) is -0.323. The van der Waals surface area contributed by atoms with Crippen LogP contribution in [0.4, 0.5) is 24.7 Å². The number of hydrogen-bond acceptors (Lipinski definition) is 4. The van der Waals surface area contributed by atoms with Crippen molar-refractivity contribution >= 4 is 40.6 Å². The lowest BCUT2D eigenvalue weighted by atomic mass is 10.1. The number of anilines is 2. The SMILES string of the molecule is O=C(NCc1ccccc1C(F)(F)F)c1c[nH]nc1Nc1cc(Cl)c(O)c(Cl)c1. The lowest BCUT2D eigenvalue weighted by Gasteiger charge is -2.13. The van der Waals surface area contributed by atoms with E-state index in [1.807, 2.05) is 0 Å². The maximum absolute atomic E-state index is 13.1. The molecule has 3 rings (SSSR count). The number of nitrogens with zero attached hydrogens (tertiary/aromatic N) is 1. The fourth-order valence-corrected chi connectivity index (χ4v) is 3.04. The van der Waals surface area contributed by atoms with Gasteiger partial charge in [0.25, 0.3) is 5.91 Å². The molecule has 152 valence electrons. The highest BCUT2D eigenvalue weighted by Crippen LogP contribution is 2.36. The van der Waals surface area contributed by atoms with Crippen molar-refractivity contribution in [2.75, 3.05) is 5.32 Å². The van der Waals surface area contributed by atoms with E-state index in [1.54, 1.807) is 0 Å². The molecule has 0 bridgehead atoms. The molecule has 0 aliphatic heterocycles. The van der Waals surface area contributed by atoms with Gasteiger partial charge in [-0.25, -0.2) is 0 Å². The van der Waals surface area contributed by atoms with E-state index in [9.17, 15) is 23.1 Å². The second-order valence-corrected chi connectivity index (χ2v) is 6.71. The second kappa shape index (κ2) is 8.22. The van der Waals surface area contributed by atoms with Gasteiger partial charge < -0.3 is 15.7 Å². The van der Waals surface area contributed by atoms with Gasteiger partial charge in [0, 0.05) is 18.4 Å². The highest BCUT2D eigenvalue weighted by molar-refractivity contribution is 6.37. The van der Waals surface area contributed by atoms with E-state index in [0.29, 0.717) is 5.69 Å². The van der Waals surface area contributed by atoms with E-state index in [0.717, 1.165) is 6.07 Å². The van der Waals surface area contributed by atoms with Crippen molar-refractivity contribution in [1.82, 2.24) is 15.5 Å². The van der Waals surface area contributed by atoms with Crippen LogP contribution in [0.5, 0.6) is 5.75 Å². The lowest BCUT2D eigenvalue weighted by molar-refractivity contribution is -0.138. The molecule has 0 aliphatic rings. The van der Waals surface area contributed by atoms with Crippen molar-refractivity contribution in [1.29, 1.82) is 0 Å². The Kier molecular flexibility index (Phi) is 5.90. The molecule has 1 aromatic heterocycles. The number of phenolic OH excluding ortho intramolecular Hbond substituents is 1. The Morgan fingerprint density at radius 3 is 2.48 bits per heavy atom. The number of carbonyl (C=O) groups excluding carboxylic acids is 1. The predicted octanol–water partition coefficient (Wildman–Crippen LogP) is 5.11. The van der Waals surface area contributed by atoms with Gasteiger partial charge in [-0.2, -0.15) is 18.3 Å². The first-order chi connectivity index (χ1) is 13.7. The molecule has 0 spiro atoms. The summed E-state index contributed by atoms with van der Waals surface area (Å²) in [5.74, 6) is -0.833. The smallest absolute Gasteiger partial charge is 0.416 e. The average Bonchev–Trinajstić information content (AvgIpc) is 3.11. The van der Waals surface area contributed by atoms with Gasteiger partial charge in [0.15, 0.2) is 11.6 Å². The van der Waals surface area contributed by atoms with Gasteiger partial charge >= 0.3 is 6.18 Å². The van der Waals surface area contributed by atoms with Crippen molar-refractivity contribution in [3.8, 4) is 5.75 Å². The van der Waals surface area contributed by atoms with E-state index < -0.39 is 17.6 Å². The summed E-state index contributed by atoms with van der Waals surface area (Å²) in [4.78, 5) is 12.5. The normalized spacial score (nSPS) is 11.3. The number of amides is 1. The highest BCUT2D eigenvalue weighted by Gasteiger charge is 2.32. The number of benzene rings is 2. The van der Waals surface area contributed by atoms with Crippen LogP contribution in [-0.4, -0.2) is 21.2 Å². The fraction of sp³-hybridized carbons (Fsp3) is 0.111. The number of nitrogens with one attached hydrogen (secondary N) is 3. The third-order valence-electron chi connectivity index (χ3n) is 3.93. The molecule has 0 fully saturated rings. The summed E-state index contributed by atoms with van der Waals surface area (Å²) >= 11 is 11.7. The molecule has 4 N–H and O–H groups in total. The number of phenols is 1. The van der Waals surface area contributed by atoms with E-state index in [1.165, 1.54) is 36.5 Å². The summed E-state index contributed by atoms with van der Waals surface area (Å²) in [5, 5.41) is 21.2. The van der Waals surface area contributed by atoms with Crippen LogP contribution in [0.3, 0.4) is 0 Å². The van der Waals surface area contributed by atoms with Gasteiger partial charge in [-0.05, 0) is 23.8 Å². The minimum Gasteiger partial charge on any atom is -0.505 e. The van der Waals surface area contributed by atoms with Crippen LogP contribution in [0.25, 0.3) is 0 Å². The molecule has 3 aromatic rings. The molecule has 0 saturated heterocycles. The zero-order chi connectivity index (χ0) is 21.2. The minimum absolute atomic E-state index is 0.00899. The molecule has 0 unspecified atom stereocenters. The third kappa shape index (κ3) is 4.75. The van der Waals surface area contributed by atoms with Gasteiger partial charge in [-0.1, -0.05) is 41.4 Å². The number of carbonyl (C=O) groups is 1. The molecule has 2 aromatic carbocycles. The molecule has 29 heavy (non-hydrogen) atoms. The summed E-state index contributed by atoms with van der Waals surface area (Å²) in [7, 11) is 0. The van der Waals surface area contributed by atoms with Gasteiger partial charge in [-0.3, -0.25) is 9.89 Å². The number of H-pyrrole nitrogens is 1. The number of hydrogen-bond donors (Lipinski definition) is 4. The van der Waals surface area contributed by atoms with Gasteiger partial charge in [-0.15, -0.1) is 0 Å². The van der Waals surface area contributed by atoms with Crippen LogP contribution in [0, 0.1) is 0 Å². The maximum Gasteiger partial charge on any atom is 0.416 e. The minimum atomic E-state index is -4.53. The van der Waals surface area contributed by atoms with Crippen LogP contribution in [0.15, 0.2) is 42.6 Å². The quantitative estimate of drug-likeness (QED) is 0.411. The Labute approximate surface area is 172 Å². The molecule has 0 atom stereocenters. The van der Waals surface area contributed by atoms with E-state index >= 15 is 0 Å². The maximum atomic E-state index is 13.1. The monoisotopic (exact) mass is 444 g/mol. The van der Waals surface area contributed by atoms with E-state index in [-0.39, 0.29) is 39.3 Å². The van der Waals surface area contributed by atoms with Crippen LogP contribution < -0.4 is 10.6 Å². The summed E-state index contributed by atoms with van der Waals surface area (Å²) in [5.41, 5.74) is -0.473. The number of aromatic amines is 1. The molecular weight excluding hydrogens is 432 g/mol. The molecule has 0 aliphatic carbocycles. The van der Waals surface area contributed by atoms with Crippen molar-refractivity contribution < 1.29 is 23.1 Å². The molecule has 1 heterocycles. The second-order valence-electron chi connectivity index (χ2n) is 5.90. The van der Waals surface area contributed by atoms with Crippen molar-refractivity contribution in [3.05, 3.63) is 69.3 Å². The molecule has 0 saturated carbocycles. The van der Waals surface area contributed by atoms with Crippen molar-refractivity contribution in [2.24, 2.45) is 0 Å². The zero-order valence-corrected chi connectivity index (χ0v) is 16.0. The Hall–Kier alpha value is -2.91. The first-order valence-corrected chi connectivity index (χ1v) is 8.84. The number of rotatable bonds is 5. The topological polar surface area (TPSA) is 90.0 Å². The largest absolute Gasteiger partial charge is 0.505 e. The average molecular weight is 445 g/mol. The predicted molar refractivity (Wildman–Crippen MR) is 103 cm³/mol. The Balaban J connectivity index is 1.75. The van der Waals surface area contributed by atoms with Gasteiger partial charge in [0.2, 0.25) is 0 Å². The molecule has 6 nitrogen and oxygen atoms in total. The standard InChI is InChI=1S/C18H13Cl2F3N4O2/c19-13-5-10(6-14(20)15(13)28)26-16-11(8-25-27-16)17(29)24-7-9-3-1-2-4-12(9)18(21,22)23/h1-6,8,28H,7H2,(H,24,29)(H2,25,26,27). The third-order valence-corrected chi connectivity index (χ3v) is 4.50. The van der Waals surface area contributed by atoms with Gasteiger partial charge in [0.1, 0.15) is 5.56 Å². The summed E-state index contributed by atoms with van der Waals surface area (Å²) in [6, 6.07) is 7.72. The fourth-order valence-electron chi connectivity index (χ4n) is 2.55. The molecule has 1 amide bonds. The summed E-state index contributed by atoms with van der Waals surface area (Å²) < 4.78 is 39.2. The number of aromatic nitrogens is 2. The number of halogens is 5. The number of aromatic hydroxyl groups is 1. The van der Waals surface area contributed by atoms with E-state index in [2.05, 4.69) is 20.8 Å². The van der Waals surface area contributed by atoms with Gasteiger partial charge in [0.05, 0.1) is 15.6 Å². The van der Waals surface area contributed by atoms with Crippen LogP contribution >= 0.6 is 23.2 Å². The lowest BCUT2D eigenvalue weighted by Crippen LogP contribution is -2.24. The molecule has 11 heteroatoms. The first kappa shape index (κ1) is 20.8.